The molecule has 140 valence electrons. The van der Waals surface area contributed by atoms with E-state index < -0.39 is 11.9 Å². The van der Waals surface area contributed by atoms with E-state index in [0.29, 0.717) is 0 Å². The molecule has 0 unspecified atom stereocenters. The fraction of sp³-hybridized carbons (Fsp3) is 0.647. The Hall–Kier alpha value is -2.22. The predicted octanol–water partition coefficient (Wildman–Crippen LogP) is 2.46. The topological polar surface area (TPSA) is 117 Å². The van der Waals surface area contributed by atoms with Crippen molar-refractivity contribution in [2.24, 2.45) is 0 Å². The van der Waals surface area contributed by atoms with Gasteiger partial charge in [0.1, 0.15) is 0 Å². The van der Waals surface area contributed by atoms with E-state index in [1.54, 1.807) is 0 Å². The minimum atomic E-state index is -1.82. The van der Waals surface area contributed by atoms with E-state index in [9.17, 15) is 0 Å². The second-order valence-electron chi connectivity index (χ2n) is 6.05. The van der Waals surface area contributed by atoms with Gasteiger partial charge in [-0.05, 0) is 19.9 Å². The van der Waals surface area contributed by atoms with Gasteiger partial charge in [-0.15, -0.1) is 0 Å². The second kappa shape index (κ2) is 11.4. The number of carbonyl (C=O) groups is 2. The van der Waals surface area contributed by atoms with Crippen LogP contribution in [-0.4, -0.2) is 57.3 Å². The van der Waals surface area contributed by atoms with E-state index in [4.69, 9.17) is 24.3 Å². The first-order valence-electron chi connectivity index (χ1n) is 8.60. The van der Waals surface area contributed by atoms with Crippen molar-refractivity contribution in [3.63, 3.8) is 0 Å². The number of carboxylic acids is 2. The summed E-state index contributed by atoms with van der Waals surface area (Å²) in [6, 6.07) is 0. The molecule has 2 heterocycles. The molecule has 1 aromatic rings. The van der Waals surface area contributed by atoms with Crippen molar-refractivity contribution in [2.45, 2.75) is 51.9 Å². The van der Waals surface area contributed by atoms with E-state index in [0.717, 1.165) is 44.1 Å². The summed E-state index contributed by atoms with van der Waals surface area (Å²) in [5.41, 5.74) is 1.18. The standard InChI is InChI=1S/C15H25N3O.C2H2O4/c1-3-4-5-6-7-10-14-16-15(19-17-14)13-9-8-11-18(2)12-13;3-1(4)2(5)6/h9H,3-8,10-12H2,1-2H3;(H,3,4)(H,5,6). The lowest BCUT2D eigenvalue weighted by molar-refractivity contribution is -0.159. The highest BCUT2D eigenvalue weighted by Gasteiger charge is 2.16. The molecule has 0 bridgehead atoms. The first-order valence-corrected chi connectivity index (χ1v) is 8.60. The third kappa shape index (κ3) is 8.44. The summed E-state index contributed by atoms with van der Waals surface area (Å²) in [6.07, 6.45) is 10.6. The lowest BCUT2D eigenvalue weighted by Gasteiger charge is -2.20. The summed E-state index contributed by atoms with van der Waals surface area (Å²) < 4.78 is 5.37. The molecule has 0 radical (unpaired) electrons. The van der Waals surface area contributed by atoms with Crippen molar-refractivity contribution in [3.8, 4) is 0 Å². The maximum Gasteiger partial charge on any atom is 0.414 e. The highest BCUT2D eigenvalue weighted by molar-refractivity contribution is 6.27. The number of aromatic nitrogens is 2. The Balaban J connectivity index is 0.000000450. The average molecular weight is 353 g/mol. The Morgan fingerprint density at radius 1 is 1.20 bits per heavy atom. The fourth-order valence-electron chi connectivity index (χ4n) is 2.42. The molecule has 25 heavy (non-hydrogen) atoms. The van der Waals surface area contributed by atoms with Crippen molar-refractivity contribution in [1.82, 2.24) is 15.0 Å². The van der Waals surface area contributed by atoms with Crippen LogP contribution in [-0.2, 0) is 16.0 Å². The van der Waals surface area contributed by atoms with Gasteiger partial charge in [0.2, 0.25) is 0 Å². The van der Waals surface area contributed by atoms with Gasteiger partial charge >= 0.3 is 11.9 Å². The number of carboxylic acid groups (broad SMARTS) is 2. The lowest BCUT2D eigenvalue weighted by Crippen LogP contribution is -2.25. The number of rotatable bonds is 7. The molecule has 2 N–H and O–H groups in total. The predicted molar refractivity (Wildman–Crippen MR) is 92.1 cm³/mol. The van der Waals surface area contributed by atoms with Gasteiger partial charge in [0.05, 0.1) is 0 Å². The molecular weight excluding hydrogens is 326 g/mol. The Kier molecular flexibility index (Phi) is 9.46. The molecule has 1 aliphatic heterocycles. The summed E-state index contributed by atoms with van der Waals surface area (Å²) in [7, 11) is 2.12. The van der Waals surface area contributed by atoms with E-state index in [1.807, 2.05) is 0 Å². The summed E-state index contributed by atoms with van der Waals surface area (Å²) in [5.74, 6) is -2.07. The molecule has 2 rings (SSSR count). The number of hydrogen-bond donors (Lipinski definition) is 2. The van der Waals surface area contributed by atoms with Crippen LogP contribution in [0.2, 0.25) is 0 Å². The molecule has 0 atom stereocenters. The van der Waals surface area contributed by atoms with Gasteiger partial charge in [0.15, 0.2) is 5.82 Å². The van der Waals surface area contributed by atoms with E-state index >= 15 is 0 Å². The Morgan fingerprint density at radius 3 is 2.48 bits per heavy atom. The highest BCUT2D eigenvalue weighted by atomic mass is 16.5. The zero-order valence-corrected chi connectivity index (χ0v) is 14.9. The Labute approximate surface area is 147 Å². The number of hydrogen-bond acceptors (Lipinski definition) is 6. The van der Waals surface area contributed by atoms with E-state index in [-0.39, 0.29) is 0 Å². The van der Waals surface area contributed by atoms with E-state index in [2.05, 4.69) is 35.1 Å². The van der Waals surface area contributed by atoms with Gasteiger partial charge in [-0.1, -0.05) is 43.8 Å². The number of aliphatic carboxylic acids is 2. The molecule has 1 aliphatic rings. The largest absolute Gasteiger partial charge is 0.473 e. The lowest BCUT2D eigenvalue weighted by atomic mass is 10.1. The smallest absolute Gasteiger partial charge is 0.414 e. The summed E-state index contributed by atoms with van der Waals surface area (Å²) in [4.78, 5) is 25.0. The minimum absolute atomic E-state index is 0.718. The van der Waals surface area contributed by atoms with Crippen LogP contribution in [0.4, 0.5) is 0 Å². The molecule has 0 aliphatic carbocycles. The van der Waals surface area contributed by atoms with Crippen molar-refractivity contribution in [2.75, 3.05) is 20.1 Å². The molecule has 0 saturated heterocycles. The monoisotopic (exact) mass is 353 g/mol. The third-order valence-corrected chi connectivity index (χ3v) is 3.77. The van der Waals surface area contributed by atoms with Crippen LogP contribution in [0.15, 0.2) is 10.6 Å². The number of aryl methyl sites for hydroxylation is 1. The number of nitrogens with zero attached hydrogens (tertiary/aromatic N) is 3. The molecule has 0 amide bonds. The van der Waals surface area contributed by atoms with Gasteiger partial charge in [-0.3, -0.25) is 0 Å². The Bertz CT molecular complexity index is 571. The molecule has 1 aromatic heterocycles. The van der Waals surface area contributed by atoms with Crippen LogP contribution < -0.4 is 0 Å². The van der Waals surface area contributed by atoms with Crippen molar-refractivity contribution >= 4 is 17.5 Å². The molecule has 8 nitrogen and oxygen atoms in total. The van der Waals surface area contributed by atoms with Crippen LogP contribution >= 0.6 is 0 Å². The quantitative estimate of drug-likeness (QED) is 0.567. The van der Waals surface area contributed by atoms with Crippen LogP contribution in [0.1, 0.15) is 57.2 Å². The highest BCUT2D eigenvalue weighted by Crippen LogP contribution is 2.18. The number of unbranched alkanes of at least 4 members (excludes halogenated alkanes) is 4. The molecule has 0 fully saturated rings. The third-order valence-electron chi connectivity index (χ3n) is 3.77. The maximum atomic E-state index is 9.10. The average Bonchev–Trinajstić information content (AvgIpc) is 3.04. The maximum absolute atomic E-state index is 9.10. The van der Waals surface area contributed by atoms with Crippen LogP contribution in [0, 0.1) is 0 Å². The van der Waals surface area contributed by atoms with Gasteiger partial charge in [-0.2, -0.15) is 4.98 Å². The molecular formula is C17H27N3O5. The summed E-state index contributed by atoms with van der Waals surface area (Å²) in [5, 5.41) is 18.9. The molecule has 0 saturated carbocycles. The number of likely N-dealkylation sites (N-methyl/N-ethyl adjacent to an activating group) is 1. The summed E-state index contributed by atoms with van der Waals surface area (Å²) in [6.45, 7) is 4.26. The molecule has 8 heteroatoms. The Morgan fingerprint density at radius 2 is 1.88 bits per heavy atom. The van der Waals surface area contributed by atoms with Gasteiger partial charge in [0, 0.05) is 25.1 Å². The van der Waals surface area contributed by atoms with Gasteiger partial charge in [0.25, 0.3) is 5.89 Å². The van der Waals surface area contributed by atoms with Crippen molar-refractivity contribution < 1.29 is 24.3 Å². The van der Waals surface area contributed by atoms with Crippen molar-refractivity contribution in [3.05, 3.63) is 17.8 Å². The van der Waals surface area contributed by atoms with Gasteiger partial charge < -0.3 is 19.6 Å². The van der Waals surface area contributed by atoms with E-state index in [1.165, 1.54) is 31.3 Å². The van der Waals surface area contributed by atoms with Gasteiger partial charge in [-0.25, -0.2) is 9.59 Å². The normalized spacial score (nSPS) is 14.4. The van der Waals surface area contributed by atoms with Crippen LogP contribution in [0.25, 0.3) is 5.57 Å². The van der Waals surface area contributed by atoms with Crippen LogP contribution in [0.3, 0.4) is 0 Å². The first-order chi connectivity index (χ1) is 11.9. The molecule has 0 spiro atoms. The van der Waals surface area contributed by atoms with Crippen LogP contribution in [0.5, 0.6) is 0 Å². The minimum Gasteiger partial charge on any atom is -0.473 e. The molecule has 0 aromatic carbocycles. The van der Waals surface area contributed by atoms with Crippen molar-refractivity contribution in [1.29, 1.82) is 0 Å². The SMILES string of the molecule is CCCCCCCc1noc(C2=CCCN(C)C2)n1.O=C(O)C(=O)O. The summed E-state index contributed by atoms with van der Waals surface area (Å²) >= 11 is 0. The second-order valence-corrected chi connectivity index (χ2v) is 6.05. The zero-order valence-electron chi connectivity index (χ0n) is 14.9. The zero-order chi connectivity index (χ0) is 18.7. The first kappa shape index (κ1) is 20.8. The fourth-order valence-corrected chi connectivity index (χ4v) is 2.42.